The largest absolute Gasteiger partial charge is 0.356 e. The molecular formula is C22H24ClN5OS. The van der Waals surface area contributed by atoms with Crippen LogP contribution in [0.1, 0.15) is 47.3 Å². The van der Waals surface area contributed by atoms with Crippen LogP contribution >= 0.6 is 22.9 Å². The smallest absolute Gasteiger partial charge is 0.188 e. The van der Waals surface area contributed by atoms with Crippen molar-refractivity contribution < 1.29 is 6.17 Å². The van der Waals surface area contributed by atoms with Gasteiger partial charge in [0.1, 0.15) is 17.5 Å². The van der Waals surface area contributed by atoms with Gasteiger partial charge < -0.3 is 10.2 Å². The van der Waals surface area contributed by atoms with Gasteiger partial charge in [-0.15, -0.1) is 0 Å². The van der Waals surface area contributed by atoms with Crippen LogP contribution in [0.2, 0.25) is 5.02 Å². The molecule has 3 aromatic rings. The number of hydrogen-bond acceptors (Lipinski definition) is 7. The summed E-state index contributed by atoms with van der Waals surface area (Å²) < 4.78 is 7.73. The highest BCUT2D eigenvalue weighted by Gasteiger charge is 2.17. The van der Waals surface area contributed by atoms with Crippen molar-refractivity contribution in [2.45, 2.75) is 39.5 Å². The average molecular weight is 443 g/mol. The molecule has 4 rings (SSSR count). The second kappa shape index (κ2) is 9.10. The number of benzene rings is 1. The Morgan fingerprint density at radius 1 is 1.27 bits per heavy atom. The molecule has 6 nitrogen and oxygen atoms in total. The molecule has 0 saturated carbocycles. The highest BCUT2D eigenvalue weighted by molar-refractivity contribution is 7.17. The number of aromatic nitrogens is 3. The highest BCUT2D eigenvalue weighted by Crippen LogP contribution is 2.27. The average Bonchev–Trinajstić information content (AvgIpc) is 3.19. The van der Waals surface area contributed by atoms with E-state index in [9.17, 15) is 4.79 Å². The molecule has 0 spiro atoms. The number of halogens is 1. The molecule has 8 heteroatoms. The van der Waals surface area contributed by atoms with Crippen molar-refractivity contribution in [3.05, 3.63) is 57.3 Å². The number of nitrogens with zero attached hydrogens (tertiary/aromatic N) is 4. The summed E-state index contributed by atoms with van der Waals surface area (Å²) in [7, 11) is 0. The van der Waals surface area contributed by atoms with Crippen LogP contribution < -0.4 is 10.2 Å². The molecular weight excluding hydrogens is 418 g/mol. The molecule has 0 bridgehead atoms. The summed E-state index contributed by atoms with van der Waals surface area (Å²) in [6.07, 6.45) is 5.38. The number of ketones is 1. The first-order valence-electron chi connectivity index (χ1n) is 10.5. The second-order valence-corrected chi connectivity index (χ2v) is 8.86. The summed E-state index contributed by atoms with van der Waals surface area (Å²) in [6, 6.07) is 5.55. The van der Waals surface area contributed by atoms with Crippen molar-refractivity contribution in [2.24, 2.45) is 0 Å². The van der Waals surface area contributed by atoms with Crippen molar-refractivity contribution in [1.29, 1.82) is 0 Å². The Balaban J connectivity index is 1.48. The third-order valence-electron chi connectivity index (χ3n) is 5.13. The predicted molar refractivity (Wildman–Crippen MR) is 122 cm³/mol. The topological polar surface area (TPSA) is 71.0 Å². The van der Waals surface area contributed by atoms with Crippen LogP contribution in [-0.4, -0.2) is 33.8 Å². The van der Waals surface area contributed by atoms with Crippen LogP contribution in [0.25, 0.3) is 0 Å². The fraction of sp³-hybridized carbons (Fsp3) is 0.364. The number of nitrogens with one attached hydrogen (secondary N) is 1. The summed E-state index contributed by atoms with van der Waals surface area (Å²) in [4.78, 5) is 29.0. The molecule has 1 N–H and O–H groups in total. The molecule has 3 heterocycles. The lowest BCUT2D eigenvalue weighted by Crippen LogP contribution is -2.30. The third-order valence-corrected chi connectivity index (χ3v) is 6.42. The van der Waals surface area contributed by atoms with Gasteiger partial charge in [0.2, 0.25) is 0 Å². The molecule has 1 fully saturated rings. The Hall–Kier alpha value is -2.51. The molecule has 1 saturated heterocycles. The molecule has 0 aliphatic carbocycles. The van der Waals surface area contributed by atoms with Crippen LogP contribution in [0.3, 0.4) is 0 Å². The van der Waals surface area contributed by atoms with Crippen LogP contribution in [-0.2, 0) is 6.42 Å². The molecule has 30 heavy (non-hydrogen) atoms. The molecule has 0 atom stereocenters. The maximum absolute atomic E-state index is 12.8. The summed E-state index contributed by atoms with van der Waals surface area (Å²) in [5, 5.41) is 4.27. The number of hydrogen-bond donors (Lipinski definition) is 1. The van der Waals surface area contributed by atoms with Gasteiger partial charge in [-0.05, 0) is 50.3 Å². The van der Waals surface area contributed by atoms with Crippen LogP contribution in [0.5, 0.6) is 0 Å². The number of carbonyl (C=O) groups excluding carboxylic acids is 1. The lowest BCUT2D eigenvalue weighted by atomic mass is 10.0. The van der Waals surface area contributed by atoms with Crippen LogP contribution in [0, 0.1) is 13.8 Å². The van der Waals surface area contributed by atoms with Gasteiger partial charge in [-0.25, -0.2) is 15.0 Å². The second-order valence-electron chi connectivity index (χ2n) is 7.43. The van der Waals surface area contributed by atoms with Gasteiger partial charge in [-0.1, -0.05) is 35.0 Å². The van der Waals surface area contributed by atoms with E-state index in [1.54, 1.807) is 18.3 Å². The minimum Gasteiger partial charge on any atom is -0.356 e. The van der Waals surface area contributed by atoms with E-state index < -0.39 is 0 Å². The minimum absolute atomic E-state index is 0.0545. The molecule has 156 valence electrons. The Morgan fingerprint density at radius 2 is 2.07 bits per heavy atom. The molecule has 0 amide bonds. The zero-order valence-electron chi connectivity index (χ0n) is 18.0. The number of Topliss-reactive ketones (excluding diaryl/α,β-unsaturated/α-hetero) is 1. The summed E-state index contributed by atoms with van der Waals surface area (Å²) >= 11 is 7.55. The Kier molecular flexibility index (Phi) is 5.90. The number of rotatable bonds is 6. The zero-order valence-corrected chi connectivity index (χ0v) is 18.6. The number of carbonyl (C=O) groups is 1. The van der Waals surface area contributed by atoms with E-state index in [2.05, 4.69) is 25.2 Å². The first-order valence-corrected chi connectivity index (χ1v) is 11.2. The molecule has 1 aliphatic rings. The van der Waals surface area contributed by atoms with E-state index in [0.717, 1.165) is 30.0 Å². The molecule has 0 radical (unpaired) electrons. The lowest BCUT2D eigenvalue weighted by molar-refractivity contribution is 0.0996. The van der Waals surface area contributed by atoms with Crippen molar-refractivity contribution in [3.63, 3.8) is 0 Å². The summed E-state index contributed by atoms with van der Waals surface area (Å²) in [6.45, 7) is 5.76. The lowest BCUT2D eigenvalue weighted by Gasteiger charge is -2.28. The van der Waals surface area contributed by atoms with Crippen molar-refractivity contribution in [2.75, 3.05) is 23.3 Å². The Bertz CT molecular complexity index is 1090. The maximum Gasteiger partial charge on any atom is 0.188 e. The van der Waals surface area contributed by atoms with Gasteiger partial charge in [0.15, 0.2) is 10.9 Å². The van der Waals surface area contributed by atoms with Gasteiger partial charge in [0.25, 0.3) is 0 Å². The van der Waals surface area contributed by atoms with Gasteiger partial charge in [0.05, 0.1) is 12.4 Å². The number of piperidine rings is 1. The first kappa shape index (κ1) is 19.5. The van der Waals surface area contributed by atoms with E-state index in [-0.39, 0.29) is 12.2 Å². The van der Waals surface area contributed by atoms with Gasteiger partial charge in [-0.2, -0.15) is 0 Å². The normalized spacial score (nSPS) is 14.5. The van der Waals surface area contributed by atoms with Crippen LogP contribution in [0.15, 0.2) is 30.4 Å². The van der Waals surface area contributed by atoms with E-state index in [0.29, 0.717) is 32.7 Å². The van der Waals surface area contributed by atoms with Crippen LogP contribution in [0.4, 0.5) is 16.8 Å². The van der Waals surface area contributed by atoms with Crippen molar-refractivity contribution in [1.82, 2.24) is 15.0 Å². The number of aryl methyl sites for hydroxylation is 2. The van der Waals surface area contributed by atoms with Gasteiger partial charge in [0, 0.05) is 30.6 Å². The fourth-order valence-electron chi connectivity index (χ4n) is 3.55. The quantitative estimate of drug-likeness (QED) is 0.518. The molecule has 2 aromatic heterocycles. The number of anilines is 3. The monoisotopic (exact) mass is 442 g/mol. The summed E-state index contributed by atoms with van der Waals surface area (Å²) in [5.74, 6) is 2.24. The maximum atomic E-state index is 12.8. The molecule has 0 unspecified atom stereocenters. The highest BCUT2D eigenvalue weighted by atomic mass is 35.5. The Morgan fingerprint density at radius 3 is 2.83 bits per heavy atom. The van der Waals surface area contributed by atoms with E-state index in [1.165, 1.54) is 30.6 Å². The van der Waals surface area contributed by atoms with Crippen molar-refractivity contribution >= 4 is 45.5 Å². The number of thiazole rings is 1. The first-order chi connectivity index (χ1) is 14.9. The SMILES string of the molecule is [2H]c1cc(C)c(CC(=O)c2cnc(Nc3cc(N4CCCCC4)nc(C)n3)s2)c(Cl)c1. The fourth-order valence-corrected chi connectivity index (χ4v) is 4.58. The standard InChI is InChI=1S/C22H24ClN5OS/c1-14-7-6-8-17(23)16(14)11-18(29)19-13-24-22(30-19)27-20-12-21(26-15(2)25-20)28-9-4-3-5-10-28/h6-8,12-13H,3-5,9-11H2,1-2H3,(H,24,25,26,27)/i6D. The van der Waals surface area contributed by atoms with E-state index in [4.69, 9.17) is 13.0 Å². The van der Waals surface area contributed by atoms with Gasteiger partial charge in [-0.3, -0.25) is 4.79 Å². The van der Waals surface area contributed by atoms with E-state index >= 15 is 0 Å². The molecule has 1 aliphatic heterocycles. The third kappa shape index (κ3) is 4.79. The Labute approximate surface area is 186 Å². The predicted octanol–water partition coefficient (Wildman–Crippen LogP) is 5.36. The van der Waals surface area contributed by atoms with E-state index in [1.807, 2.05) is 19.9 Å². The zero-order chi connectivity index (χ0) is 22.0. The molecule has 1 aromatic carbocycles. The minimum atomic E-state index is -0.0545. The van der Waals surface area contributed by atoms with Gasteiger partial charge >= 0.3 is 0 Å². The van der Waals surface area contributed by atoms with Crippen molar-refractivity contribution in [3.8, 4) is 0 Å². The summed E-state index contributed by atoms with van der Waals surface area (Å²) in [5.41, 5.74) is 1.60.